The van der Waals surface area contributed by atoms with Crippen LogP contribution < -0.4 is 0 Å². The molecule has 0 saturated carbocycles. The smallest absolute Gasteiger partial charge is 0.306 e. The summed E-state index contributed by atoms with van der Waals surface area (Å²) >= 11 is 0. The lowest BCUT2D eigenvalue weighted by Gasteiger charge is -2.24. The summed E-state index contributed by atoms with van der Waals surface area (Å²) in [5.74, 6) is -1.14. The second-order valence-corrected chi connectivity index (χ2v) is 3.51. The quantitative estimate of drug-likeness (QED) is 0.456. The Balaban J connectivity index is 4.55. The predicted molar refractivity (Wildman–Crippen MR) is 62.5 cm³/mol. The number of Topliss-reactive ketones (excluding diaryl/α,β-unsaturated/α-hetero) is 1. The molecule has 0 rings (SSSR count). The zero-order valence-electron chi connectivity index (χ0n) is 11.0. The Bertz CT molecular complexity index is 233. The normalized spacial score (nSPS) is 12.5. The van der Waals surface area contributed by atoms with Gasteiger partial charge in [0, 0.05) is 13.2 Å². The van der Waals surface area contributed by atoms with Crippen molar-refractivity contribution in [3.63, 3.8) is 0 Å². The minimum atomic E-state index is -0.674. The van der Waals surface area contributed by atoms with Crippen molar-refractivity contribution in [3.8, 4) is 0 Å². The summed E-state index contributed by atoms with van der Waals surface area (Å²) in [5.41, 5.74) is 0. The fourth-order valence-corrected chi connectivity index (χ4v) is 1.44. The Kier molecular flexibility index (Phi) is 8.62. The number of hydrogen-bond donors (Lipinski definition) is 0. The van der Waals surface area contributed by atoms with Crippen molar-refractivity contribution in [3.05, 3.63) is 0 Å². The van der Waals surface area contributed by atoms with Gasteiger partial charge in [-0.2, -0.15) is 0 Å². The van der Waals surface area contributed by atoms with E-state index in [1.165, 1.54) is 6.92 Å². The van der Waals surface area contributed by atoms with Crippen LogP contribution in [0.1, 0.15) is 34.1 Å². The third kappa shape index (κ3) is 6.38. The molecule has 0 spiro atoms. The molecule has 0 aliphatic rings. The highest BCUT2D eigenvalue weighted by Crippen LogP contribution is 2.16. The van der Waals surface area contributed by atoms with Crippen LogP contribution in [0.2, 0.25) is 0 Å². The molecule has 0 bridgehead atoms. The molecule has 17 heavy (non-hydrogen) atoms. The first kappa shape index (κ1) is 16.1. The fourth-order valence-electron chi connectivity index (χ4n) is 1.44. The van der Waals surface area contributed by atoms with Gasteiger partial charge in [0.2, 0.25) is 0 Å². The molecule has 0 aliphatic heterocycles. The van der Waals surface area contributed by atoms with Crippen LogP contribution in [0, 0.1) is 5.92 Å². The summed E-state index contributed by atoms with van der Waals surface area (Å²) in [6.45, 7) is 7.94. The van der Waals surface area contributed by atoms with Crippen molar-refractivity contribution in [1.29, 1.82) is 0 Å². The van der Waals surface area contributed by atoms with Gasteiger partial charge >= 0.3 is 5.97 Å². The molecular weight excluding hydrogens is 224 g/mol. The van der Waals surface area contributed by atoms with Crippen LogP contribution in [0.3, 0.4) is 0 Å². The van der Waals surface area contributed by atoms with Gasteiger partial charge in [0.15, 0.2) is 6.29 Å². The number of ketones is 1. The van der Waals surface area contributed by atoms with Crippen LogP contribution in [0.25, 0.3) is 0 Å². The van der Waals surface area contributed by atoms with Crippen molar-refractivity contribution < 1.29 is 23.8 Å². The van der Waals surface area contributed by atoms with Crippen LogP contribution in [-0.4, -0.2) is 37.9 Å². The average Bonchev–Trinajstić information content (AvgIpc) is 2.26. The first-order chi connectivity index (χ1) is 8.06. The largest absolute Gasteiger partial charge is 0.466 e. The van der Waals surface area contributed by atoms with Gasteiger partial charge in [-0.05, 0) is 27.7 Å². The van der Waals surface area contributed by atoms with Crippen molar-refractivity contribution in [1.82, 2.24) is 0 Å². The van der Waals surface area contributed by atoms with Gasteiger partial charge in [0.1, 0.15) is 5.78 Å². The van der Waals surface area contributed by atoms with Crippen LogP contribution in [0.4, 0.5) is 0 Å². The van der Waals surface area contributed by atoms with E-state index < -0.39 is 18.2 Å². The second-order valence-electron chi connectivity index (χ2n) is 3.51. The maximum absolute atomic E-state index is 11.5. The van der Waals surface area contributed by atoms with E-state index in [1.54, 1.807) is 6.92 Å². The molecule has 5 heteroatoms. The number of carbonyl (C=O) groups is 2. The molecule has 0 aliphatic carbocycles. The molecule has 0 radical (unpaired) electrons. The summed E-state index contributed by atoms with van der Waals surface area (Å²) in [6.07, 6.45) is -0.680. The summed E-state index contributed by atoms with van der Waals surface area (Å²) in [4.78, 5) is 22.9. The summed E-state index contributed by atoms with van der Waals surface area (Å²) in [7, 11) is 0. The van der Waals surface area contributed by atoms with Gasteiger partial charge in [0.25, 0.3) is 0 Å². The lowest BCUT2D eigenvalue weighted by atomic mass is 10.0. The van der Waals surface area contributed by atoms with Crippen LogP contribution in [-0.2, 0) is 23.8 Å². The first-order valence-corrected chi connectivity index (χ1v) is 5.95. The van der Waals surface area contributed by atoms with Crippen LogP contribution in [0.5, 0.6) is 0 Å². The first-order valence-electron chi connectivity index (χ1n) is 5.95. The van der Waals surface area contributed by atoms with Gasteiger partial charge < -0.3 is 14.2 Å². The number of carbonyl (C=O) groups excluding carboxylic acids is 2. The Morgan fingerprint density at radius 2 is 1.53 bits per heavy atom. The number of esters is 1. The molecule has 0 aromatic rings. The third-order valence-electron chi connectivity index (χ3n) is 2.20. The molecular formula is C12H22O5. The minimum absolute atomic E-state index is 0.00611. The Morgan fingerprint density at radius 1 is 1.00 bits per heavy atom. The summed E-state index contributed by atoms with van der Waals surface area (Å²) < 4.78 is 15.5. The van der Waals surface area contributed by atoms with E-state index in [4.69, 9.17) is 14.2 Å². The molecule has 100 valence electrons. The number of ether oxygens (including phenoxy) is 3. The van der Waals surface area contributed by atoms with E-state index in [0.717, 1.165) is 0 Å². The van der Waals surface area contributed by atoms with E-state index in [0.29, 0.717) is 19.8 Å². The van der Waals surface area contributed by atoms with E-state index in [-0.39, 0.29) is 12.2 Å². The molecule has 1 atom stereocenters. The van der Waals surface area contributed by atoms with Crippen LogP contribution in [0.15, 0.2) is 0 Å². The highest BCUT2D eigenvalue weighted by Gasteiger charge is 2.29. The molecule has 1 unspecified atom stereocenters. The molecule has 0 aromatic carbocycles. The van der Waals surface area contributed by atoms with Crippen molar-refractivity contribution in [2.75, 3.05) is 19.8 Å². The predicted octanol–water partition coefficient (Wildman–Crippen LogP) is 1.54. The monoisotopic (exact) mass is 246 g/mol. The van der Waals surface area contributed by atoms with E-state index in [9.17, 15) is 9.59 Å². The standard InChI is InChI=1S/C12H22O5/c1-5-15-11(14)8-10(9(4)13)12(16-6-2)17-7-3/h10,12H,5-8H2,1-4H3. The Morgan fingerprint density at radius 3 is 1.88 bits per heavy atom. The van der Waals surface area contributed by atoms with Gasteiger partial charge in [-0.25, -0.2) is 0 Å². The maximum atomic E-state index is 11.5. The summed E-state index contributed by atoms with van der Waals surface area (Å²) in [6, 6.07) is 0. The van der Waals surface area contributed by atoms with E-state index >= 15 is 0 Å². The molecule has 0 fully saturated rings. The molecule has 0 N–H and O–H groups in total. The lowest BCUT2D eigenvalue weighted by molar-refractivity contribution is -0.180. The van der Waals surface area contributed by atoms with Gasteiger partial charge in [-0.3, -0.25) is 9.59 Å². The highest BCUT2D eigenvalue weighted by atomic mass is 16.7. The van der Waals surface area contributed by atoms with Crippen molar-refractivity contribution in [2.45, 2.75) is 40.4 Å². The number of hydrogen-bond acceptors (Lipinski definition) is 5. The third-order valence-corrected chi connectivity index (χ3v) is 2.20. The molecule has 0 aromatic heterocycles. The zero-order chi connectivity index (χ0) is 13.3. The SMILES string of the molecule is CCOC(=O)CC(C(C)=O)C(OCC)OCC. The molecule has 5 nitrogen and oxygen atoms in total. The van der Waals surface area contributed by atoms with E-state index in [1.807, 2.05) is 13.8 Å². The zero-order valence-corrected chi connectivity index (χ0v) is 11.0. The minimum Gasteiger partial charge on any atom is -0.466 e. The fraction of sp³-hybridized carbons (Fsp3) is 0.833. The van der Waals surface area contributed by atoms with Gasteiger partial charge in [-0.15, -0.1) is 0 Å². The molecule has 0 amide bonds. The van der Waals surface area contributed by atoms with Crippen molar-refractivity contribution in [2.24, 2.45) is 5.92 Å². The van der Waals surface area contributed by atoms with Crippen molar-refractivity contribution >= 4 is 11.8 Å². The van der Waals surface area contributed by atoms with Gasteiger partial charge in [0.05, 0.1) is 18.9 Å². The molecule has 0 heterocycles. The maximum Gasteiger partial charge on any atom is 0.306 e. The van der Waals surface area contributed by atoms with Gasteiger partial charge in [-0.1, -0.05) is 0 Å². The summed E-state index contributed by atoms with van der Waals surface area (Å²) in [5, 5.41) is 0. The highest BCUT2D eigenvalue weighted by molar-refractivity contribution is 5.83. The van der Waals surface area contributed by atoms with Crippen LogP contribution >= 0.6 is 0 Å². The Hall–Kier alpha value is -0.940. The second kappa shape index (κ2) is 9.13. The Labute approximate surface area is 102 Å². The number of rotatable bonds is 9. The van der Waals surface area contributed by atoms with E-state index in [2.05, 4.69) is 0 Å². The topological polar surface area (TPSA) is 61.8 Å². The lowest BCUT2D eigenvalue weighted by Crippen LogP contribution is -2.34. The molecule has 0 saturated heterocycles. The average molecular weight is 246 g/mol.